The van der Waals surface area contributed by atoms with Gasteiger partial charge in [0.1, 0.15) is 12.4 Å². The Morgan fingerprint density at radius 3 is 2.76 bits per heavy atom. The van der Waals surface area contributed by atoms with Gasteiger partial charge >= 0.3 is 0 Å². The third-order valence-electron chi connectivity index (χ3n) is 4.20. The van der Waals surface area contributed by atoms with E-state index in [9.17, 15) is 4.79 Å². The van der Waals surface area contributed by atoms with Crippen LogP contribution in [0.25, 0.3) is 0 Å². The lowest BCUT2D eigenvalue weighted by molar-refractivity contribution is 0.0979. The van der Waals surface area contributed by atoms with Crippen molar-refractivity contribution in [1.82, 2.24) is 9.97 Å². The summed E-state index contributed by atoms with van der Waals surface area (Å²) in [6, 6.07) is 15.4. The molecule has 1 amide bonds. The third kappa shape index (κ3) is 3.21. The van der Waals surface area contributed by atoms with Gasteiger partial charge in [0, 0.05) is 19.2 Å². The molecule has 1 aromatic carbocycles. The maximum Gasteiger partial charge on any atom is 0.260 e. The van der Waals surface area contributed by atoms with Crippen LogP contribution in [0.4, 0.5) is 5.69 Å². The molecule has 5 heteroatoms. The SMILES string of the molecule is O=C1c2cc(OCc3ccccc3)cnc2CCN1c1cccnc1. The number of rotatable bonds is 4. The van der Waals surface area contributed by atoms with Gasteiger partial charge in [0.15, 0.2) is 0 Å². The van der Waals surface area contributed by atoms with E-state index in [2.05, 4.69) is 9.97 Å². The molecule has 0 radical (unpaired) electrons. The Bertz CT molecular complexity index is 882. The molecule has 3 aromatic rings. The van der Waals surface area contributed by atoms with Gasteiger partial charge in [-0.2, -0.15) is 0 Å². The van der Waals surface area contributed by atoms with Gasteiger partial charge < -0.3 is 9.64 Å². The number of fused-ring (bicyclic) bond motifs is 1. The average molecular weight is 331 g/mol. The lowest BCUT2D eigenvalue weighted by Gasteiger charge is -2.27. The Balaban J connectivity index is 1.55. The number of hydrogen-bond donors (Lipinski definition) is 0. The van der Waals surface area contributed by atoms with Crippen LogP contribution in [0, 0.1) is 0 Å². The summed E-state index contributed by atoms with van der Waals surface area (Å²) in [4.78, 5) is 23.1. The number of nitrogens with zero attached hydrogens (tertiary/aromatic N) is 3. The summed E-state index contributed by atoms with van der Waals surface area (Å²) >= 11 is 0. The number of pyridine rings is 2. The maximum atomic E-state index is 12.8. The number of aromatic nitrogens is 2. The first kappa shape index (κ1) is 15.3. The van der Waals surface area contributed by atoms with Crippen LogP contribution in [-0.2, 0) is 13.0 Å². The second kappa shape index (κ2) is 6.73. The third-order valence-corrected chi connectivity index (χ3v) is 4.20. The molecule has 0 saturated carbocycles. The van der Waals surface area contributed by atoms with E-state index in [0.717, 1.165) is 23.4 Å². The summed E-state index contributed by atoms with van der Waals surface area (Å²) < 4.78 is 5.80. The lowest BCUT2D eigenvalue weighted by atomic mass is 10.0. The number of carbonyl (C=O) groups is 1. The molecule has 0 spiro atoms. The van der Waals surface area contributed by atoms with Gasteiger partial charge in [-0.1, -0.05) is 30.3 Å². The van der Waals surface area contributed by atoms with E-state index < -0.39 is 0 Å². The van der Waals surface area contributed by atoms with Gasteiger partial charge in [-0.05, 0) is 23.8 Å². The summed E-state index contributed by atoms with van der Waals surface area (Å²) in [5.41, 5.74) is 3.29. The molecular formula is C20H17N3O2. The quantitative estimate of drug-likeness (QED) is 0.736. The Hall–Kier alpha value is -3.21. The minimum atomic E-state index is -0.0630. The summed E-state index contributed by atoms with van der Waals surface area (Å²) in [6.45, 7) is 1.05. The van der Waals surface area contributed by atoms with Crippen molar-refractivity contribution in [3.63, 3.8) is 0 Å². The number of amides is 1. The second-order valence-corrected chi connectivity index (χ2v) is 5.86. The molecule has 3 heterocycles. The van der Waals surface area contributed by atoms with Crippen LogP contribution in [-0.4, -0.2) is 22.4 Å². The van der Waals surface area contributed by atoms with Crippen LogP contribution in [0.15, 0.2) is 67.1 Å². The summed E-state index contributed by atoms with van der Waals surface area (Å²) in [5, 5.41) is 0. The van der Waals surface area contributed by atoms with Gasteiger partial charge in [0.05, 0.1) is 29.3 Å². The highest BCUT2D eigenvalue weighted by molar-refractivity contribution is 6.08. The van der Waals surface area contributed by atoms with Crippen molar-refractivity contribution in [2.45, 2.75) is 13.0 Å². The number of anilines is 1. The molecule has 0 N–H and O–H groups in total. The van der Waals surface area contributed by atoms with Crippen molar-refractivity contribution in [3.05, 3.63) is 83.9 Å². The topological polar surface area (TPSA) is 55.3 Å². The van der Waals surface area contributed by atoms with Crippen LogP contribution in [0.2, 0.25) is 0 Å². The average Bonchev–Trinajstić information content (AvgIpc) is 2.68. The molecule has 1 aliphatic heterocycles. The fourth-order valence-electron chi connectivity index (χ4n) is 2.90. The van der Waals surface area contributed by atoms with Crippen molar-refractivity contribution in [2.75, 3.05) is 11.4 Å². The number of carbonyl (C=O) groups excluding carboxylic acids is 1. The number of ether oxygens (including phenoxy) is 1. The molecular weight excluding hydrogens is 314 g/mol. The highest BCUT2D eigenvalue weighted by atomic mass is 16.5. The molecule has 0 fully saturated rings. The molecule has 0 unspecified atom stereocenters. The minimum Gasteiger partial charge on any atom is -0.487 e. The Kier molecular flexibility index (Phi) is 4.12. The first-order chi connectivity index (χ1) is 12.3. The first-order valence-electron chi connectivity index (χ1n) is 8.19. The zero-order valence-electron chi connectivity index (χ0n) is 13.6. The molecule has 4 rings (SSSR count). The normalized spacial score (nSPS) is 13.4. The van der Waals surface area contributed by atoms with Crippen molar-refractivity contribution < 1.29 is 9.53 Å². The molecule has 0 aliphatic carbocycles. The Morgan fingerprint density at radius 2 is 1.96 bits per heavy atom. The van der Waals surface area contributed by atoms with E-state index in [1.165, 1.54) is 0 Å². The molecule has 2 aromatic heterocycles. The molecule has 5 nitrogen and oxygen atoms in total. The van der Waals surface area contributed by atoms with E-state index in [1.54, 1.807) is 29.6 Å². The van der Waals surface area contributed by atoms with Crippen molar-refractivity contribution in [2.24, 2.45) is 0 Å². The largest absolute Gasteiger partial charge is 0.487 e. The summed E-state index contributed by atoms with van der Waals surface area (Å²) in [5.74, 6) is 0.538. The highest BCUT2D eigenvalue weighted by Crippen LogP contribution is 2.25. The molecule has 124 valence electrons. The van der Waals surface area contributed by atoms with Crippen LogP contribution in [0.5, 0.6) is 5.75 Å². The van der Waals surface area contributed by atoms with Crippen molar-refractivity contribution in [1.29, 1.82) is 0 Å². The summed E-state index contributed by atoms with van der Waals surface area (Å²) in [6.07, 6.45) is 5.80. The van der Waals surface area contributed by atoms with E-state index in [4.69, 9.17) is 4.74 Å². The summed E-state index contributed by atoms with van der Waals surface area (Å²) in [7, 11) is 0. The lowest BCUT2D eigenvalue weighted by Crippen LogP contribution is -2.38. The van der Waals surface area contributed by atoms with Crippen LogP contribution >= 0.6 is 0 Å². The van der Waals surface area contributed by atoms with Crippen molar-refractivity contribution >= 4 is 11.6 Å². The smallest absolute Gasteiger partial charge is 0.260 e. The fraction of sp³-hybridized carbons (Fsp3) is 0.150. The predicted octanol–water partition coefficient (Wildman–Crippen LogP) is 3.26. The van der Waals surface area contributed by atoms with Gasteiger partial charge in [-0.25, -0.2) is 0 Å². The zero-order chi connectivity index (χ0) is 17.1. The van der Waals surface area contributed by atoms with Gasteiger partial charge in [0.2, 0.25) is 0 Å². The van der Waals surface area contributed by atoms with Gasteiger partial charge in [-0.15, -0.1) is 0 Å². The monoisotopic (exact) mass is 331 g/mol. The van der Waals surface area contributed by atoms with E-state index in [-0.39, 0.29) is 5.91 Å². The number of benzene rings is 1. The maximum absolute atomic E-state index is 12.8. The molecule has 0 atom stereocenters. The van der Waals surface area contributed by atoms with Crippen LogP contribution < -0.4 is 9.64 Å². The zero-order valence-corrected chi connectivity index (χ0v) is 13.6. The first-order valence-corrected chi connectivity index (χ1v) is 8.19. The predicted molar refractivity (Wildman–Crippen MR) is 94.6 cm³/mol. The van der Waals surface area contributed by atoms with E-state index in [0.29, 0.717) is 24.5 Å². The fourth-order valence-corrected chi connectivity index (χ4v) is 2.90. The molecule has 25 heavy (non-hydrogen) atoms. The van der Waals surface area contributed by atoms with Gasteiger partial charge in [0.25, 0.3) is 5.91 Å². The standard InChI is InChI=1S/C20H17N3O2/c24-20-18-11-17(25-14-15-5-2-1-3-6-15)13-22-19(18)8-10-23(20)16-7-4-9-21-12-16/h1-7,9,11-13H,8,10,14H2. The molecule has 1 aliphatic rings. The van der Waals surface area contributed by atoms with E-state index in [1.807, 2.05) is 42.5 Å². The minimum absolute atomic E-state index is 0.0630. The molecule has 0 bridgehead atoms. The Labute approximate surface area is 145 Å². The van der Waals surface area contributed by atoms with Crippen molar-refractivity contribution in [3.8, 4) is 5.75 Å². The number of hydrogen-bond acceptors (Lipinski definition) is 4. The molecule has 0 saturated heterocycles. The van der Waals surface area contributed by atoms with Crippen LogP contribution in [0.1, 0.15) is 21.6 Å². The van der Waals surface area contributed by atoms with Gasteiger partial charge in [-0.3, -0.25) is 14.8 Å². The van der Waals surface area contributed by atoms with Crippen LogP contribution in [0.3, 0.4) is 0 Å². The second-order valence-electron chi connectivity index (χ2n) is 5.86. The van der Waals surface area contributed by atoms with E-state index >= 15 is 0 Å². The Morgan fingerprint density at radius 1 is 1.08 bits per heavy atom. The highest BCUT2D eigenvalue weighted by Gasteiger charge is 2.27.